The first-order chi connectivity index (χ1) is 21.4. The molecule has 0 bridgehead atoms. The van der Waals surface area contributed by atoms with Gasteiger partial charge in [0.05, 0.1) is 20.3 Å². The second-order valence-electron chi connectivity index (χ2n) is 10.4. The lowest BCUT2D eigenvalue weighted by Gasteiger charge is -2.39. The van der Waals surface area contributed by atoms with Crippen molar-refractivity contribution in [2.24, 2.45) is 0 Å². The number of aromatic hydroxyl groups is 2. The molecule has 2 fully saturated rings. The number of hydrogen-bond acceptors (Lipinski definition) is 17. The topological polar surface area (TPSA) is 279 Å². The van der Waals surface area contributed by atoms with Gasteiger partial charge in [0, 0.05) is 17.7 Å². The maximum absolute atomic E-state index is 13.7. The van der Waals surface area contributed by atoms with Crippen LogP contribution >= 0.6 is 0 Å². The first-order valence-corrected chi connectivity index (χ1v) is 13.6. The lowest BCUT2D eigenvalue weighted by molar-refractivity contribution is -0.277. The molecule has 0 radical (unpaired) electrons. The van der Waals surface area contributed by atoms with Crippen molar-refractivity contribution in [1.29, 1.82) is 0 Å². The molecule has 17 nitrogen and oxygen atoms in total. The molecule has 1 aromatic heterocycles. The molecule has 3 aromatic rings. The van der Waals surface area contributed by atoms with Crippen LogP contribution in [-0.4, -0.2) is 133 Å². The highest BCUT2D eigenvalue weighted by molar-refractivity contribution is 5.88. The fourth-order valence-electron chi connectivity index (χ4n) is 5.04. The van der Waals surface area contributed by atoms with Crippen LogP contribution < -0.4 is 19.6 Å². The molecule has 0 aliphatic carbocycles. The molecule has 45 heavy (non-hydrogen) atoms. The monoisotopic (exact) mass is 640 g/mol. The second-order valence-corrected chi connectivity index (χ2v) is 10.4. The van der Waals surface area contributed by atoms with Crippen molar-refractivity contribution in [3.8, 4) is 40.1 Å². The Bertz CT molecular complexity index is 1570. The second kappa shape index (κ2) is 12.9. The first-order valence-electron chi connectivity index (χ1n) is 13.6. The van der Waals surface area contributed by atoms with E-state index in [2.05, 4.69) is 0 Å². The van der Waals surface area contributed by atoms with Crippen molar-refractivity contribution < 1.29 is 79.2 Å². The average molecular weight is 641 g/mol. The van der Waals surface area contributed by atoms with Crippen LogP contribution in [0.15, 0.2) is 39.5 Å². The molecule has 246 valence electrons. The molecule has 2 saturated heterocycles. The summed E-state index contributed by atoms with van der Waals surface area (Å²) in [6, 6.07) is 5.83. The number of phenolic OH excluding ortho intramolecular Hbond substituents is 2. The van der Waals surface area contributed by atoms with Crippen molar-refractivity contribution in [3.63, 3.8) is 0 Å². The first kappa shape index (κ1) is 32.6. The Morgan fingerprint density at radius 2 is 1.31 bits per heavy atom. The number of aliphatic hydroxyl groups is 8. The smallest absolute Gasteiger partial charge is 0.239 e. The number of fused-ring (bicyclic) bond motifs is 1. The third kappa shape index (κ3) is 5.98. The molecule has 3 heterocycles. The summed E-state index contributed by atoms with van der Waals surface area (Å²) in [5.41, 5.74) is -1.23. The van der Waals surface area contributed by atoms with Crippen LogP contribution in [0.25, 0.3) is 22.3 Å². The van der Waals surface area contributed by atoms with E-state index in [0.717, 1.165) is 12.1 Å². The summed E-state index contributed by atoms with van der Waals surface area (Å²) < 4.78 is 33.4. The molecule has 17 heteroatoms. The van der Waals surface area contributed by atoms with E-state index < -0.39 is 103 Å². The highest BCUT2D eigenvalue weighted by atomic mass is 16.7. The predicted molar refractivity (Wildman–Crippen MR) is 147 cm³/mol. The largest absolute Gasteiger partial charge is 0.508 e. The summed E-state index contributed by atoms with van der Waals surface area (Å²) in [5, 5.41) is 100. The van der Waals surface area contributed by atoms with Crippen LogP contribution in [0.5, 0.6) is 28.7 Å². The maximum atomic E-state index is 13.7. The summed E-state index contributed by atoms with van der Waals surface area (Å²) >= 11 is 0. The molecule has 5 rings (SSSR count). The van der Waals surface area contributed by atoms with Crippen LogP contribution in [0.2, 0.25) is 0 Å². The van der Waals surface area contributed by atoms with Gasteiger partial charge in [0.2, 0.25) is 23.8 Å². The molecule has 10 N–H and O–H groups in total. The summed E-state index contributed by atoms with van der Waals surface area (Å²) in [5.74, 6) is -2.25. The highest BCUT2D eigenvalue weighted by Crippen LogP contribution is 2.40. The quantitative estimate of drug-likeness (QED) is 0.119. The van der Waals surface area contributed by atoms with Gasteiger partial charge in [-0.25, -0.2) is 0 Å². The molecular weight excluding hydrogens is 608 g/mol. The number of phenols is 2. The molecule has 0 amide bonds. The van der Waals surface area contributed by atoms with Crippen LogP contribution in [0.1, 0.15) is 0 Å². The van der Waals surface area contributed by atoms with E-state index in [9.17, 15) is 55.9 Å². The normalized spacial score (nSPS) is 31.9. The average Bonchev–Trinajstić information content (AvgIpc) is 3.02. The molecule has 0 spiro atoms. The Labute approximate surface area is 252 Å². The van der Waals surface area contributed by atoms with E-state index in [0.29, 0.717) is 0 Å². The zero-order valence-electron chi connectivity index (χ0n) is 23.4. The Kier molecular flexibility index (Phi) is 9.38. The van der Waals surface area contributed by atoms with E-state index >= 15 is 0 Å². The van der Waals surface area contributed by atoms with Gasteiger partial charge in [-0.2, -0.15) is 0 Å². The van der Waals surface area contributed by atoms with Gasteiger partial charge in [-0.1, -0.05) is 0 Å². The molecule has 10 atom stereocenters. The zero-order chi connectivity index (χ0) is 32.7. The molecule has 0 saturated carbocycles. The highest BCUT2D eigenvalue weighted by Gasteiger charge is 2.46. The zero-order valence-corrected chi connectivity index (χ0v) is 23.4. The van der Waals surface area contributed by atoms with Crippen LogP contribution in [0.3, 0.4) is 0 Å². The lowest BCUT2D eigenvalue weighted by Crippen LogP contribution is -2.60. The number of rotatable bonds is 8. The summed E-state index contributed by atoms with van der Waals surface area (Å²) in [6.45, 7) is -1.47. The SMILES string of the molecule is COc1cc(-c2oc3cc(O)cc(O)c3c(=O)c2O[C@@H]2O[C@H](CO)[C@@H](O)[C@H](O)[C@H]2O)ccc1O[C@@H]1O[C@H](CO)[C@@H](O)[C@H](O)[C@H]1O. The van der Waals surface area contributed by atoms with Gasteiger partial charge in [-0.15, -0.1) is 0 Å². The van der Waals surface area contributed by atoms with Gasteiger partial charge in [-0.3, -0.25) is 4.79 Å². The number of hydrogen-bond donors (Lipinski definition) is 10. The fourth-order valence-corrected chi connectivity index (χ4v) is 5.04. The molecular formula is C28H32O17. The number of ether oxygens (including phenoxy) is 5. The van der Waals surface area contributed by atoms with Crippen LogP contribution in [0.4, 0.5) is 0 Å². The third-order valence-electron chi connectivity index (χ3n) is 7.52. The van der Waals surface area contributed by atoms with Gasteiger partial charge < -0.3 is 79.2 Å². The van der Waals surface area contributed by atoms with Crippen molar-refractivity contribution in [2.75, 3.05) is 20.3 Å². The van der Waals surface area contributed by atoms with Crippen LogP contribution in [-0.2, 0) is 9.47 Å². The van der Waals surface area contributed by atoms with Crippen molar-refractivity contribution in [2.45, 2.75) is 61.4 Å². The molecule has 2 aromatic carbocycles. The standard InChI is InChI=1S/C28H32O17/c1-40-13-4-9(2-3-12(13)42-27-23(38)21(36)18(33)15(7-29)43-27)25-26(20(35)17-11(32)5-10(31)6-14(17)41-25)45-28-24(39)22(37)19(34)16(8-30)44-28/h2-6,15-16,18-19,21-24,27-34,36-39H,7-8H2,1H3/t15-,16-,18-,19-,21+,22+,23-,24-,27-,28+/m1/s1. The van der Waals surface area contributed by atoms with E-state index in [4.69, 9.17) is 28.1 Å². The van der Waals surface area contributed by atoms with Gasteiger partial charge >= 0.3 is 0 Å². The third-order valence-corrected chi connectivity index (χ3v) is 7.52. The van der Waals surface area contributed by atoms with Crippen molar-refractivity contribution in [3.05, 3.63) is 40.6 Å². The Balaban J connectivity index is 1.58. The Hall–Kier alpha value is -3.75. The molecule has 2 aliphatic heterocycles. The summed E-state index contributed by atoms with van der Waals surface area (Å²) in [7, 11) is 1.25. The minimum atomic E-state index is -1.91. The van der Waals surface area contributed by atoms with Crippen molar-refractivity contribution >= 4 is 11.0 Å². The summed E-state index contributed by atoms with van der Waals surface area (Å²) in [4.78, 5) is 13.7. The van der Waals surface area contributed by atoms with E-state index in [1.807, 2.05) is 0 Å². The fraction of sp³-hybridized carbons (Fsp3) is 0.464. The number of methoxy groups -OCH3 is 1. The molecule has 0 unspecified atom stereocenters. The van der Waals surface area contributed by atoms with E-state index in [1.54, 1.807) is 0 Å². The number of aliphatic hydroxyl groups excluding tert-OH is 8. The van der Waals surface area contributed by atoms with E-state index in [-0.39, 0.29) is 28.4 Å². The van der Waals surface area contributed by atoms with Crippen molar-refractivity contribution in [1.82, 2.24) is 0 Å². The number of benzene rings is 2. The van der Waals surface area contributed by atoms with Gasteiger partial charge in [-0.05, 0) is 18.2 Å². The van der Waals surface area contributed by atoms with Gasteiger partial charge in [0.15, 0.2) is 17.3 Å². The Morgan fingerprint density at radius 1 is 0.733 bits per heavy atom. The van der Waals surface area contributed by atoms with Crippen LogP contribution in [0, 0.1) is 0 Å². The predicted octanol–water partition coefficient (Wildman–Crippen LogP) is -2.76. The lowest BCUT2D eigenvalue weighted by atomic mass is 9.99. The minimum absolute atomic E-state index is 0.0504. The maximum Gasteiger partial charge on any atom is 0.239 e. The van der Waals surface area contributed by atoms with Gasteiger partial charge in [0.1, 0.15) is 71.3 Å². The minimum Gasteiger partial charge on any atom is -0.508 e. The Morgan fingerprint density at radius 3 is 1.87 bits per heavy atom. The van der Waals surface area contributed by atoms with Gasteiger partial charge in [0.25, 0.3) is 0 Å². The van der Waals surface area contributed by atoms with E-state index in [1.165, 1.54) is 25.3 Å². The summed E-state index contributed by atoms with van der Waals surface area (Å²) in [6.07, 6.45) is -16.6. The molecule has 2 aliphatic rings.